The Labute approximate surface area is 143 Å². The van der Waals surface area contributed by atoms with Crippen LogP contribution in [0.25, 0.3) is 0 Å². The molecule has 6 nitrogen and oxygen atoms in total. The van der Waals surface area contributed by atoms with E-state index in [1.54, 1.807) is 0 Å². The van der Waals surface area contributed by atoms with Crippen molar-refractivity contribution in [3.63, 3.8) is 0 Å². The second-order valence-corrected chi connectivity index (χ2v) is 9.48. The number of hydrogen-bond donors (Lipinski definition) is 6. The average Bonchev–Trinajstić information content (AvgIpc) is 1.70. The standard InChI is InChI=1S/2C4H10.2H3O3PS.Sn.2H/c2*1-4(2)3;2*1-4(2,3)5;;;/h2*4H,1-3H3;2*(H3,1,2,3,5);;;. The topological polar surface area (TPSA) is 121 Å². The molecule has 0 aromatic carbocycles. The normalized spacial score (nSPS) is 10.0. The van der Waals surface area contributed by atoms with E-state index in [0.717, 1.165) is 11.8 Å². The van der Waals surface area contributed by atoms with Gasteiger partial charge in [-0.25, -0.2) is 0 Å². The van der Waals surface area contributed by atoms with Crippen LogP contribution in [0.1, 0.15) is 41.5 Å². The van der Waals surface area contributed by atoms with Crippen molar-refractivity contribution in [2.24, 2.45) is 11.8 Å². The van der Waals surface area contributed by atoms with Crippen molar-refractivity contribution in [2.45, 2.75) is 41.5 Å². The molecule has 0 atom stereocenters. The van der Waals surface area contributed by atoms with Gasteiger partial charge < -0.3 is 29.4 Å². The Kier molecular flexibility index (Phi) is 30.8. The molecule has 0 aromatic heterocycles. The van der Waals surface area contributed by atoms with E-state index in [2.05, 4.69) is 65.2 Å². The second kappa shape index (κ2) is 17.9. The van der Waals surface area contributed by atoms with Crippen molar-refractivity contribution in [2.75, 3.05) is 0 Å². The molecule has 6 N–H and O–H groups in total. The minimum absolute atomic E-state index is 0. The fraction of sp³-hybridized carbons (Fsp3) is 1.00. The molecule has 0 bridgehead atoms. The van der Waals surface area contributed by atoms with Gasteiger partial charge in [-0.05, 0) is 35.4 Å². The van der Waals surface area contributed by atoms with Gasteiger partial charge in [0.1, 0.15) is 0 Å². The summed E-state index contributed by atoms with van der Waals surface area (Å²) in [5.74, 6) is 1.67. The molecule has 0 saturated heterocycles. The molecule has 19 heavy (non-hydrogen) atoms. The summed E-state index contributed by atoms with van der Waals surface area (Å²) < 4.78 is 0. The van der Waals surface area contributed by atoms with Gasteiger partial charge in [0.2, 0.25) is 0 Å². The Hall–Kier alpha value is 1.86. The van der Waals surface area contributed by atoms with Crippen LogP contribution in [0.4, 0.5) is 0 Å². The van der Waals surface area contributed by atoms with Crippen molar-refractivity contribution in [1.82, 2.24) is 0 Å². The summed E-state index contributed by atoms with van der Waals surface area (Å²) in [6.07, 6.45) is 0. The molecule has 0 spiro atoms. The van der Waals surface area contributed by atoms with Crippen molar-refractivity contribution < 1.29 is 29.4 Å². The summed E-state index contributed by atoms with van der Waals surface area (Å²) in [5.41, 5.74) is 0. The maximum absolute atomic E-state index is 7.56. The van der Waals surface area contributed by atoms with Crippen LogP contribution in [0.2, 0.25) is 0 Å². The second-order valence-electron chi connectivity index (χ2n) is 4.49. The first-order valence-corrected chi connectivity index (χ1v) is 10.4. The first-order chi connectivity index (χ1) is 7.46. The van der Waals surface area contributed by atoms with Crippen LogP contribution >= 0.6 is 13.4 Å². The molecule has 0 aliphatic heterocycles. The van der Waals surface area contributed by atoms with Crippen LogP contribution in [0.5, 0.6) is 0 Å². The Balaban J connectivity index is -0.0000000453. The predicted molar refractivity (Wildman–Crippen MR) is 91.5 cm³/mol. The zero-order chi connectivity index (χ0) is 16.2. The average molecular weight is 465 g/mol. The van der Waals surface area contributed by atoms with Gasteiger partial charge in [-0.3, -0.25) is 0 Å². The SMILES string of the molecule is CC(C)C.CC(C)C.OP(O)(O)=S.OP(O)(O)=S.[SnH2]. The van der Waals surface area contributed by atoms with Gasteiger partial charge in [-0.2, -0.15) is 0 Å². The van der Waals surface area contributed by atoms with Gasteiger partial charge >= 0.3 is 37.3 Å². The van der Waals surface area contributed by atoms with Crippen LogP contribution in [0.15, 0.2) is 0 Å². The third-order valence-corrected chi connectivity index (χ3v) is 0. The summed E-state index contributed by atoms with van der Waals surface area (Å²) in [6.45, 7) is 5.39. The molecule has 122 valence electrons. The number of hydrogen-bond acceptors (Lipinski definition) is 2. The van der Waals surface area contributed by atoms with E-state index >= 15 is 0 Å². The molecule has 11 heteroatoms. The van der Waals surface area contributed by atoms with Gasteiger partial charge in [0.25, 0.3) is 0 Å². The van der Waals surface area contributed by atoms with Gasteiger partial charge in [-0.1, -0.05) is 41.5 Å². The minimum atomic E-state index is -3.81. The molecule has 0 heterocycles. The van der Waals surface area contributed by atoms with Crippen LogP contribution in [-0.4, -0.2) is 53.3 Å². The van der Waals surface area contributed by atoms with E-state index in [0.29, 0.717) is 0 Å². The predicted octanol–water partition coefficient (Wildman–Crippen LogP) is 0.784. The Morgan fingerprint density at radius 3 is 0.579 bits per heavy atom. The quantitative estimate of drug-likeness (QED) is 0.230. The summed E-state index contributed by atoms with van der Waals surface area (Å²) in [4.78, 5) is 45.3. The summed E-state index contributed by atoms with van der Waals surface area (Å²) in [6, 6.07) is 0. The van der Waals surface area contributed by atoms with Crippen LogP contribution in [0, 0.1) is 11.8 Å². The van der Waals surface area contributed by atoms with Gasteiger partial charge in [0.05, 0.1) is 0 Å². The first-order valence-electron chi connectivity index (χ1n) is 5.03. The maximum atomic E-state index is 7.56. The van der Waals surface area contributed by atoms with E-state index in [9.17, 15) is 0 Å². The van der Waals surface area contributed by atoms with E-state index < -0.39 is 13.4 Å². The fourth-order valence-electron chi connectivity index (χ4n) is 0. The molecule has 0 aliphatic carbocycles. The molecule has 0 aromatic rings. The molecule has 0 aliphatic rings. The molecule has 2 radical (unpaired) electrons. The summed E-state index contributed by atoms with van der Waals surface area (Å²) >= 11 is 7.21. The third kappa shape index (κ3) is 1830. The monoisotopic (exact) mass is 466 g/mol. The van der Waals surface area contributed by atoms with E-state index in [-0.39, 0.29) is 23.9 Å². The molecular formula is C8H28O6P2S2Sn. The number of rotatable bonds is 0. The Morgan fingerprint density at radius 1 is 0.579 bits per heavy atom. The summed E-state index contributed by atoms with van der Waals surface area (Å²) in [7, 11) is 0. The van der Waals surface area contributed by atoms with Crippen LogP contribution in [0.3, 0.4) is 0 Å². The fourth-order valence-corrected chi connectivity index (χ4v) is 0. The molecule has 0 rings (SSSR count). The van der Waals surface area contributed by atoms with Crippen LogP contribution in [-0.2, 0) is 23.6 Å². The van der Waals surface area contributed by atoms with Crippen molar-refractivity contribution in [3.8, 4) is 0 Å². The molecule has 0 amide bonds. The van der Waals surface area contributed by atoms with E-state index in [1.165, 1.54) is 0 Å². The Bertz CT molecular complexity index is 206. The molecule has 0 saturated carbocycles. The van der Waals surface area contributed by atoms with E-state index in [1.807, 2.05) is 0 Å². The third-order valence-electron chi connectivity index (χ3n) is 0. The van der Waals surface area contributed by atoms with Crippen molar-refractivity contribution >= 4 is 61.0 Å². The molecule has 0 fully saturated rings. The zero-order valence-corrected chi connectivity index (χ0v) is 19.7. The zero-order valence-electron chi connectivity index (χ0n) is 12.3. The van der Waals surface area contributed by atoms with E-state index in [4.69, 9.17) is 29.4 Å². The van der Waals surface area contributed by atoms with Gasteiger partial charge in [0.15, 0.2) is 0 Å². The van der Waals surface area contributed by atoms with Crippen molar-refractivity contribution in [1.29, 1.82) is 0 Å². The molecule has 0 unspecified atom stereocenters. The van der Waals surface area contributed by atoms with Gasteiger partial charge in [-0.15, -0.1) is 0 Å². The van der Waals surface area contributed by atoms with Crippen molar-refractivity contribution in [3.05, 3.63) is 0 Å². The molecular weight excluding hydrogens is 437 g/mol. The summed E-state index contributed by atoms with van der Waals surface area (Å²) in [5, 5.41) is 0. The van der Waals surface area contributed by atoms with Gasteiger partial charge in [0, 0.05) is 0 Å². The van der Waals surface area contributed by atoms with Crippen LogP contribution < -0.4 is 0 Å². The first kappa shape index (κ1) is 32.7. The Morgan fingerprint density at radius 2 is 0.579 bits per heavy atom.